The number of halogens is 2. The molecule has 0 heterocycles. The second-order valence-electron chi connectivity index (χ2n) is 17.4. The minimum atomic E-state index is -4.07. The summed E-state index contributed by atoms with van der Waals surface area (Å²) in [5.41, 5.74) is 12.8. The summed E-state index contributed by atoms with van der Waals surface area (Å²) >= 11 is -4.07. The molecule has 0 unspecified atom stereocenters. The van der Waals surface area contributed by atoms with Crippen molar-refractivity contribution in [3.05, 3.63) is 73.1 Å². The standard InChI is InChI=1S/C23H29.2C6H11.C5H5.CH2.2ClH.Zr/c1-14-9-16-11-17-10-15(2)21(23(6,7)8)13-19(17)18(16)12-20(14)22(3,4)5;2*1-6-4-2-3-5-6;1-2-4-5-3-1;;;;/h9,12-13H,11H2,1-8H3;2*6H,1-5H2;1-3H,4H2;1H2;2*1H;. The van der Waals surface area contributed by atoms with Gasteiger partial charge in [0.1, 0.15) is 0 Å². The van der Waals surface area contributed by atoms with E-state index in [2.05, 4.69) is 91.8 Å². The third-order valence-corrected chi connectivity index (χ3v) is 29.8. The molecule has 6 rings (SSSR count). The van der Waals surface area contributed by atoms with Gasteiger partial charge in [-0.05, 0) is 0 Å². The molecule has 0 saturated heterocycles. The first-order valence-electron chi connectivity index (χ1n) is 17.4. The van der Waals surface area contributed by atoms with E-state index in [1.165, 1.54) is 76.3 Å². The predicted octanol–water partition coefficient (Wildman–Crippen LogP) is 12.1. The van der Waals surface area contributed by atoms with Crippen molar-refractivity contribution in [3.8, 4) is 11.1 Å². The van der Waals surface area contributed by atoms with E-state index in [0.717, 1.165) is 24.7 Å². The first-order valence-corrected chi connectivity index (χ1v) is 25.1. The van der Waals surface area contributed by atoms with Crippen LogP contribution in [0.25, 0.3) is 11.1 Å². The van der Waals surface area contributed by atoms with Crippen LogP contribution in [0.2, 0.25) is 8.26 Å². The van der Waals surface area contributed by atoms with Gasteiger partial charge >= 0.3 is 261 Å². The van der Waals surface area contributed by atoms with E-state index >= 15 is 0 Å². The number of benzene rings is 2. The number of aryl methyl sites for hydroxylation is 1. The zero-order valence-electron chi connectivity index (χ0n) is 29.1. The Kier molecular flexibility index (Phi) is 10.4. The summed E-state index contributed by atoms with van der Waals surface area (Å²) in [6.07, 6.45) is 21.1. The third-order valence-electron chi connectivity index (χ3n) is 12.2. The molecule has 4 aliphatic carbocycles. The molecule has 242 valence electrons. The summed E-state index contributed by atoms with van der Waals surface area (Å²) in [7, 11) is 0. The Morgan fingerprint density at radius 2 is 1.27 bits per heavy atom. The molecule has 0 spiro atoms. The van der Waals surface area contributed by atoms with Crippen LogP contribution in [0.3, 0.4) is 0 Å². The first-order chi connectivity index (χ1) is 19.7. The molecule has 2 saturated carbocycles. The third kappa shape index (κ3) is 6.15. The number of allylic oxidation sites excluding steroid dienone is 4. The summed E-state index contributed by atoms with van der Waals surface area (Å²) in [4.78, 5) is 0. The number of rotatable bonds is 6. The molecule has 0 atom stereocenters. The van der Waals surface area contributed by atoms with Gasteiger partial charge in [0.05, 0.1) is 0 Å². The Balaban J connectivity index is 0.00000221. The maximum absolute atomic E-state index is 5.88. The molecule has 0 N–H and O–H groups in total. The van der Waals surface area contributed by atoms with Crippen LogP contribution in [-0.2, 0) is 35.5 Å². The second kappa shape index (κ2) is 12.7. The van der Waals surface area contributed by atoms with Crippen LogP contribution in [0.1, 0.15) is 133 Å². The van der Waals surface area contributed by atoms with Crippen molar-refractivity contribution >= 4 is 32.3 Å². The Morgan fingerprint density at radius 1 is 0.750 bits per heavy atom. The summed E-state index contributed by atoms with van der Waals surface area (Å²) in [5, 5.41) is 0. The fourth-order valence-electron chi connectivity index (χ4n) is 10.6. The van der Waals surface area contributed by atoms with Crippen molar-refractivity contribution in [1.82, 2.24) is 0 Å². The van der Waals surface area contributed by atoms with E-state index in [9.17, 15) is 0 Å². The van der Waals surface area contributed by atoms with E-state index < -0.39 is 18.3 Å². The van der Waals surface area contributed by atoms with Crippen molar-refractivity contribution < 1.29 is 18.3 Å². The Morgan fingerprint density at radius 3 is 1.75 bits per heavy atom. The van der Waals surface area contributed by atoms with Crippen LogP contribution in [-0.4, -0.2) is 4.21 Å². The van der Waals surface area contributed by atoms with Gasteiger partial charge < -0.3 is 0 Å². The molecule has 0 aliphatic heterocycles. The van der Waals surface area contributed by atoms with Gasteiger partial charge in [0.2, 0.25) is 0 Å². The number of fused-ring (bicyclic) bond motifs is 3. The Hall–Kier alpha value is -0.747. The van der Waals surface area contributed by atoms with E-state index in [1.807, 2.05) is 6.55 Å². The van der Waals surface area contributed by atoms with Crippen LogP contribution in [0.4, 0.5) is 0 Å². The van der Waals surface area contributed by atoms with Crippen molar-refractivity contribution in [1.29, 1.82) is 0 Å². The van der Waals surface area contributed by atoms with Crippen LogP contribution in [0, 0.1) is 25.7 Å². The molecule has 4 aliphatic rings. The fourth-order valence-corrected chi connectivity index (χ4v) is 31.1. The van der Waals surface area contributed by atoms with E-state index in [1.54, 1.807) is 27.8 Å². The molecular weight excluding hydrogens is 655 g/mol. The SMILES string of the molecule is Cl.Cl.[CH2]=[Zr]([CH2]C1CCCC1)([CH2]C1CCCC1)([C]1=CC=CC1)[c]1c(C)c(C(C)(C)C)cc2c1Cc1cc(C)c(C(C)(C)C)cc1-2. The summed E-state index contributed by atoms with van der Waals surface area (Å²) in [6.45, 7) is 19.4. The van der Waals surface area contributed by atoms with Gasteiger partial charge in [-0.2, -0.15) is 0 Å². The fraction of sp³-hybridized carbons (Fsp3) is 0.585. The van der Waals surface area contributed by atoms with Gasteiger partial charge in [0.25, 0.3) is 0 Å². The maximum atomic E-state index is 5.88. The van der Waals surface area contributed by atoms with Gasteiger partial charge in [-0.1, -0.05) is 0 Å². The molecule has 2 fully saturated rings. The monoisotopic (exact) mass is 712 g/mol. The zero-order valence-corrected chi connectivity index (χ0v) is 33.2. The van der Waals surface area contributed by atoms with Crippen LogP contribution >= 0.6 is 24.8 Å². The van der Waals surface area contributed by atoms with Crippen molar-refractivity contribution in [2.75, 3.05) is 0 Å². The summed E-state index contributed by atoms with van der Waals surface area (Å²) < 4.78 is 12.4. The molecule has 44 heavy (non-hydrogen) atoms. The molecule has 0 aromatic heterocycles. The Bertz CT molecular complexity index is 1500. The molecule has 0 radical (unpaired) electrons. The molecule has 0 bridgehead atoms. The Labute approximate surface area is 283 Å². The van der Waals surface area contributed by atoms with Crippen molar-refractivity contribution in [3.63, 3.8) is 0 Å². The number of hydrogen-bond acceptors (Lipinski definition) is 0. The van der Waals surface area contributed by atoms with Gasteiger partial charge in [-0.25, -0.2) is 0 Å². The van der Waals surface area contributed by atoms with E-state index in [4.69, 9.17) is 4.21 Å². The van der Waals surface area contributed by atoms with Gasteiger partial charge in [0.15, 0.2) is 0 Å². The summed E-state index contributed by atoms with van der Waals surface area (Å²) in [5.74, 6) is 1.73. The zero-order chi connectivity index (χ0) is 30.1. The van der Waals surface area contributed by atoms with E-state index in [-0.39, 0.29) is 35.6 Å². The molecule has 2 aromatic carbocycles. The minimum absolute atomic E-state index is 0. The average Bonchev–Trinajstić information content (AvgIpc) is 3.69. The molecule has 2 aromatic rings. The van der Waals surface area contributed by atoms with Gasteiger partial charge in [0, 0.05) is 0 Å². The van der Waals surface area contributed by atoms with Crippen LogP contribution in [0.15, 0.2) is 39.7 Å². The molecule has 3 heteroatoms. The normalized spacial score (nSPS) is 19.1. The predicted molar refractivity (Wildman–Crippen MR) is 198 cm³/mol. The van der Waals surface area contributed by atoms with Crippen molar-refractivity contribution in [2.24, 2.45) is 11.8 Å². The molecule has 0 nitrogen and oxygen atoms in total. The average molecular weight is 715 g/mol. The number of hydrogen-bond donors (Lipinski definition) is 0. The second-order valence-corrected chi connectivity index (χ2v) is 31.8. The molecular formula is C41H60Cl2Zr. The van der Waals surface area contributed by atoms with Crippen molar-refractivity contribution in [2.45, 2.75) is 139 Å². The van der Waals surface area contributed by atoms with Gasteiger partial charge in [-0.15, -0.1) is 24.8 Å². The van der Waals surface area contributed by atoms with Crippen LogP contribution in [0.5, 0.6) is 0 Å². The first kappa shape index (κ1) is 36.1. The van der Waals surface area contributed by atoms with E-state index in [0.29, 0.717) is 0 Å². The molecule has 0 amide bonds. The van der Waals surface area contributed by atoms with Gasteiger partial charge in [-0.3, -0.25) is 0 Å². The topological polar surface area (TPSA) is 0 Å². The summed E-state index contributed by atoms with van der Waals surface area (Å²) in [6, 6.07) is 7.80. The van der Waals surface area contributed by atoms with Crippen LogP contribution < -0.4 is 3.27 Å². The quantitative estimate of drug-likeness (QED) is 0.238.